The number of rotatable bonds is 7. The number of carbonyl (C=O) groups is 1. The average Bonchev–Trinajstić information content (AvgIpc) is 2.97. The van der Waals surface area contributed by atoms with Crippen LogP contribution in [0.5, 0.6) is 5.75 Å². The van der Waals surface area contributed by atoms with Gasteiger partial charge in [-0.2, -0.15) is 0 Å². The molecule has 0 unspecified atom stereocenters. The largest absolute Gasteiger partial charge is 0.495 e. The molecule has 3 rings (SSSR count). The fraction of sp³-hybridized carbons (Fsp3) is 0.238. The van der Waals surface area contributed by atoms with Gasteiger partial charge in [-0.1, -0.05) is 32.0 Å². The number of carboxylic acid groups (broad SMARTS) is 1. The summed E-state index contributed by atoms with van der Waals surface area (Å²) in [4.78, 5) is 24.2. The van der Waals surface area contributed by atoms with Crippen molar-refractivity contribution in [1.29, 1.82) is 0 Å². The molecule has 3 aromatic rings. The quantitative estimate of drug-likeness (QED) is 0.577. The molecule has 0 spiro atoms. The zero-order valence-electron chi connectivity index (χ0n) is 17.5. The summed E-state index contributed by atoms with van der Waals surface area (Å²) >= 11 is 0. The lowest BCUT2D eigenvalue weighted by molar-refractivity contribution is 0.0696. The number of nitrogens with one attached hydrogen (secondary N) is 1. The smallest absolute Gasteiger partial charge is 0.335 e. The normalized spacial score (nSPS) is 11.5. The van der Waals surface area contributed by atoms with E-state index in [-0.39, 0.29) is 27.8 Å². The number of aromatic carboxylic acids is 1. The van der Waals surface area contributed by atoms with E-state index in [0.717, 1.165) is 6.07 Å². The number of nitrogens with zero attached hydrogens (tertiary/aromatic N) is 2. The lowest BCUT2D eigenvalue weighted by Gasteiger charge is -2.14. The van der Waals surface area contributed by atoms with Crippen LogP contribution in [0.3, 0.4) is 0 Å². The number of hydrogen-bond acceptors (Lipinski definition) is 5. The predicted octanol–water partition coefficient (Wildman–Crippen LogP) is 2.81. The molecule has 0 atom stereocenters. The Hall–Kier alpha value is -3.53. The van der Waals surface area contributed by atoms with Gasteiger partial charge in [0.1, 0.15) is 16.3 Å². The SMILES string of the molecule is COc1ccc(C(=O)O)cc1S(=O)(=O)Nc1c(C(C)C)n(C)n(-c2ccccc2)c1=O. The van der Waals surface area contributed by atoms with Gasteiger partial charge in [0.15, 0.2) is 0 Å². The third-order valence-electron chi connectivity index (χ3n) is 4.80. The number of hydrogen-bond donors (Lipinski definition) is 2. The van der Waals surface area contributed by atoms with Crippen molar-refractivity contribution in [2.24, 2.45) is 7.05 Å². The van der Waals surface area contributed by atoms with E-state index in [1.165, 1.54) is 23.9 Å². The first-order chi connectivity index (χ1) is 14.6. The minimum absolute atomic E-state index is 0.0390. The molecule has 31 heavy (non-hydrogen) atoms. The molecule has 0 fully saturated rings. The molecular formula is C21H23N3O6S. The highest BCUT2D eigenvalue weighted by Gasteiger charge is 2.28. The first kappa shape index (κ1) is 22.2. The molecule has 0 aliphatic rings. The first-order valence-corrected chi connectivity index (χ1v) is 10.9. The summed E-state index contributed by atoms with van der Waals surface area (Å²) < 4.78 is 36.9. The van der Waals surface area contributed by atoms with Gasteiger partial charge >= 0.3 is 5.97 Å². The molecule has 2 aromatic carbocycles. The molecule has 2 N–H and O–H groups in total. The van der Waals surface area contributed by atoms with E-state index in [1.807, 2.05) is 19.9 Å². The Bertz CT molecular complexity index is 1290. The molecule has 0 saturated heterocycles. The fourth-order valence-electron chi connectivity index (χ4n) is 3.45. The Morgan fingerprint density at radius 3 is 2.32 bits per heavy atom. The molecule has 0 radical (unpaired) electrons. The maximum absolute atomic E-state index is 13.2. The standard InChI is InChI=1S/C21H23N3O6S/c1-13(2)19-18(20(25)24(23(19)3)15-8-6-5-7-9-15)22-31(28,29)17-12-14(21(26)27)10-11-16(17)30-4/h5-13,22H,1-4H3,(H,26,27). The molecule has 9 nitrogen and oxygen atoms in total. The third-order valence-corrected chi connectivity index (χ3v) is 6.17. The van der Waals surface area contributed by atoms with E-state index in [4.69, 9.17) is 4.74 Å². The highest BCUT2D eigenvalue weighted by molar-refractivity contribution is 7.92. The summed E-state index contributed by atoms with van der Waals surface area (Å²) in [6.45, 7) is 3.68. The van der Waals surface area contributed by atoms with Crippen LogP contribution in [0.15, 0.2) is 58.2 Å². The van der Waals surface area contributed by atoms with Crippen molar-refractivity contribution in [3.63, 3.8) is 0 Å². The molecule has 0 bridgehead atoms. The van der Waals surface area contributed by atoms with Gasteiger partial charge in [0.05, 0.1) is 24.1 Å². The van der Waals surface area contributed by atoms with Crippen LogP contribution >= 0.6 is 0 Å². The second-order valence-corrected chi connectivity index (χ2v) is 8.82. The molecular weight excluding hydrogens is 422 g/mol. The van der Waals surface area contributed by atoms with Crippen LogP contribution in [0.25, 0.3) is 5.69 Å². The summed E-state index contributed by atoms with van der Waals surface area (Å²) in [5.41, 5.74) is 0.178. The van der Waals surface area contributed by atoms with Crippen LogP contribution in [-0.4, -0.2) is 36.0 Å². The Labute approximate surface area is 179 Å². The van der Waals surface area contributed by atoms with E-state index < -0.39 is 21.6 Å². The van der Waals surface area contributed by atoms with Crippen molar-refractivity contribution in [3.05, 3.63) is 70.1 Å². The zero-order chi connectivity index (χ0) is 22.9. The van der Waals surface area contributed by atoms with Crippen molar-refractivity contribution in [3.8, 4) is 11.4 Å². The molecule has 10 heteroatoms. The van der Waals surface area contributed by atoms with E-state index in [9.17, 15) is 23.1 Å². The molecule has 1 aromatic heterocycles. The van der Waals surface area contributed by atoms with Gasteiger partial charge < -0.3 is 9.84 Å². The van der Waals surface area contributed by atoms with Gasteiger partial charge in [0.2, 0.25) is 0 Å². The van der Waals surface area contributed by atoms with E-state index in [0.29, 0.717) is 11.4 Å². The highest BCUT2D eigenvalue weighted by atomic mass is 32.2. The predicted molar refractivity (Wildman–Crippen MR) is 116 cm³/mol. The number of anilines is 1. The topological polar surface area (TPSA) is 120 Å². The van der Waals surface area contributed by atoms with Crippen molar-refractivity contribution in [2.45, 2.75) is 24.7 Å². The second-order valence-electron chi connectivity index (χ2n) is 7.17. The van der Waals surface area contributed by atoms with Crippen LogP contribution in [0.2, 0.25) is 0 Å². The van der Waals surface area contributed by atoms with E-state index in [1.54, 1.807) is 36.0 Å². The Kier molecular flexibility index (Phi) is 5.94. The molecule has 0 amide bonds. The molecule has 0 aliphatic carbocycles. The summed E-state index contributed by atoms with van der Waals surface area (Å²) in [5, 5.41) is 9.24. The highest BCUT2D eigenvalue weighted by Crippen LogP contribution is 2.29. The number of aromatic nitrogens is 2. The average molecular weight is 445 g/mol. The number of sulfonamides is 1. The number of methoxy groups -OCH3 is 1. The maximum atomic E-state index is 13.2. The van der Waals surface area contributed by atoms with Crippen LogP contribution in [0, 0.1) is 0 Å². The van der Waals surface area contributed by atoms with Crippen molar-refractivity contribution in [2.75, 3.05) is 11.8 Å². The zero-order valence-corrected chi connectivity index (χ0v) is 18.3. The first-order valence-electron chi connectivity index (χ1n) is 9.40. The maximum Gasteiger partial charge on any atom is 0.335 e. The lowest BCUT2D eigenvalue weighted by atomic mass is 10.1. The van der Waals surface area contributed by atoms with Crippen LogP contribution in [-0.2, 0) is 17.1 Å². The summed E-state index contributed by atoms with van der Waals surface area (Å²) in [6, 6.07) is 12.3. The van der Waals surface area contributed by atoms with Crippen molar-refractivity contribution < 1.29 is 23.1 Å². The number of carboxylic acids is 1. The minimum Gasteiger partial charge on any atom is -0.495 e. The Morgan fingerprint density at radius 1 is 1.13 bits per heavy atom. The number of para-hydroxylation sites is 1. The Balaban J connectivity index is 2.20. The lowest BCUT2D eigenvalue weighted by Crippen LogP contribution is -2.23. The van der Waals surface area contributed by atoms with Crippen LogP contribution in [0.1, 0.15) is 35.8 Å². The van der Waals surface area contributed by atoms with Crippen molar-refractivity contribution in [1.82, 2.24) is 9.36 Å². The minimum atomic E-state index is -4.34. The Morgan fingerprint density at radius 2 is 1.77 bits per heavy atom. The van der Waals surface area contributed by atoms with Gasteiger partial charge in [-0.15, -0.1) is 0 Å². The number of ether oxygens (including phenoxy) is 1. The van der Waals surface area contributed by atoms with Gasteiger partial charge in [-0.05, 0) is 36.2 Å². The monoisotopic (exact) mass is 445 g/mol. The van der Waals surface area contributed by atoms with Gasteiger partial charge in [0.25, 0.3) is 15.6 Å². The number of benzene rings is 2. The van der Waals surface area contributed by atoms with Crippen molar-refractivity contribution >= 4 is 21.7 Å². The van der Waals surface area contributed by atoms with Gasteiger partial charge in [-0.25, -0.2) is 17.9 Å². The van der Waals surface area contributed by atoms with E-state index in [2.05, 4.69) is 4.72 Å². The van der Waals surface area contributed by atoms with Crippen LogP contribution in [0.4, 0.5) is 5.69 Å². The van der Waals surface area contributed by atoms with Gasteiger partial charge in [-0.3, -0.25) is 14.2 Å². The molecule has 0 saturated carbocycles. The summed E-state index contributed by atoms with van der Waals surface area (Å²) in [6.07, 6.45) is 0. The van der Waals surface area contributed by atoms with E-state index >= 15 is 0 Å². The second kappa shape index (κ2) is 8.31. The summed E-state index contributed by atoms with van der Waals surface area (Å²) in [5.74, 6) is -1.51. The molecule has 1 heterocycles. The van der Waals surface area contributed by atoms with Gasteiger partial charge in [0, 0.05) is 7.05 Å². The fourth-order valence-corrected chi connectivity index (χ4v) is 4.72. The summed E-state index contributed by atoms with van der Waals surface area (Å²) in [7, 11) is -1.39. The molecule has 0 aliphatic heterocycles. The van der Waals surface area contributed by atoms with Crippen LogP contribution < -0.4 is 15.0 Å². The molecule has 164 valence electrons. The third kappa shape index (κ3) is 4.06.